The van der Waals surface area contributed by atoms with Crippen LogP contribution in [0.25, 0.3) is 0 Å². The lowest BCUT2D eigenvalue weighted by Crippen LogP contribution is -2.30. The Bertz CT molecular complexity index is 480. The van der Waals surface area contributed by atoms with Gasteiger partial charge in [0.25, 0.3) is 5.89 Å². The molecule has 6 nitrogen and oxygen atoms in total. The molecule has 0 radical (unpaired) electrons. The molecule has 0 amide bonds. The van der Waals surface area contributed by atoms with Crippen molar-refractivity contribution < 1.29 is 18.0 Å². The van der Waals surface area contributed by atoms with Gasteiger partial charge in [-0.1, -0.05) is 11.6 Å². The van der Waals surface area contributed by atoms with Gasteiger partial charge in [-0.2, -0.15) is 4.98 Å². The van der Waals surface area contributed by atoms with Crippen LogP contribution in [0.5, 0.6) is 0 Å². The quantitative estimate of drug-likeness (QED) is 0.856. The summed E-state index contributed by atoms with van der Waals surface area (Å²) in [5.41, 5.74) is 0. The average molecular weight is 260 g/mol. The summed E-state index contributed by atoms with van der Waals surface area (Å²) in [7, 11) is -3.02. The second kappa shape index (κ2) is 4.73. The van der Waals surface area contributed by atoms with Crippen molar-refractivity contribution in [3.05, 3.63) is 11.7 Å². The first-order valence-electron chi connectivity index (χ1n) is 5.71. The van der Waals surface area contributed by atoms with E-state index >= 15 is 0 Å². The van der Waals surface area contributed by atoms with E-state index in [1.54, 1.807) is 0 Å². The van der Waals surface area contributed by atoms with E-state index in [1.807, 2.05) is 0 Å². The molecule has 1 aromatic rings. The third kappa shape index (κ3) is 2.84. The van der Waals surface area contributed by atoms with Crippen molar-refractivity contribution in [2.45, 2.75) is 44.0 Å². The number of hydrogen-bond donors (Lipinski definition) is 1. The SMILES string of the molecule is CC(O)c1nc(CC2CCCCS2(=O)=O)no1. The predicted molar refractivity (Wildman–Crippen MR) is 60.1 cm³/mol. The van der Waals surface area contributed by atoms with Crippen molar-refractivity contribution in [3.63, 3.8) is 0 Å². The highest BCUT2D eigenvalue weighted by Crippen LogP contribution is 2.22. The van der Waals surface area contributed by atoms with E-state index in [2.05, 4.69) is 10.1 Å². The predicted octanol–water partition coefficient (Wildman–Crippen LogP) is 0.633. The number of rotatable bonds is 3. The molecule has 7 heteroatoms. The number of aliphatic hydroxyl groups is 1. The molecule has 1 N–H and O–H groups in total. The first-order chi connectivity index (χ1) is 7.99. The summed E-state index contributed by atoms with van der Waals surface area (Å²) in [6, 6.07) is 0. The Balaban J connectivity index is 2.09. The summed E-state index contributed by atoms with van der Waals surface area (Å²) in [4.78, 5) is 3.98. The van der Waals surface area contributed by atoms with E-state index < -0.39 is 21.2 Å². The van der Waals surface area contributed by atoms with Crippen LogP contribution in [0.4, 0.5) is 0 Å². The third-order valence-electron chi connectivity index (χ3n) is 2.96. The summed E-state index contributed by atoms with van der Waals surface area (Å²) >= 11 is 0. The van der Waals surface area contributed by atoms with Crippen LogP contribution >= 0.6 is 0 Å². The third-order valence-corrected chi connectivity index (χ3v) is 5.24. The summed E-state index contributed by atoms with van der Waals surface area (Å²) in [6.45, 7) is 1.52. The Hall–Kier alpha value is -0.950. The van der Waals surface area contributed by atoms with Gasteiger partial charge in [0.1, 0.15) is 6.10 Å². The highest BCUT2D eigenvalue weighted by Gasteiger charge is 2.30. The van der Waals surface area contributed by atoms with E-state index in [0.29, 0.717) is 12.2 Å². The van der Waals surface area contributed by atoms with Gasteiger partial charge in [0, 0.05) is 6.42 Å². The van der Waals surface area contributed by atoms with Crippen molar-refractivity contribution >= 4 is 9.84 Å². The fraction of sp³-hybridized carbons (Fsp3) is 0.800. The molecule has 2 heterocycles. The molecule has 2 atom stereocenters. The fourth-order valence-electron chi connectivity index (χ4n) is 1.97. The van der Waals surface area contributed by atoms with Crippen LogP contribution in [0.2, 0.25) is 0 Å². The van der Waals surface area contributed by atoms with Gasteiger partial charge in [0.2, 0.25) is 0 Å². The maximum Gasteiger partial charge on any atom is 0.255 e. The second-order valence-corrected chi connectivity index (χ2v) is 6.81. The minimum atomic E-state index is -3.02. The largest absolute Gasteiger partial charge is 0.384 e. The van der Waals surface area contributed by atoms with Crippen LogP contribution < -0.4 is 0 Å². The number of aliphatic hydroxyl groups excluding tert-OH is 1. The number of aromatic nitrogens is 2. The summed E-state index contributed by atoms with van der Waals surface area (Å²) in [6.07, 6.45) is 1.77. The molecule has 0 aromatic carbocycles. The van der Waals surface area contributed by atoms with Crippen LogP contribution in [-0.2, 0) is 16.3 Å². The van der Waals surface area contributed by atoms with Crippen LogP contribution in [0.15, 0.2) is 4.52 Å². The Morgan fingerprint density at radius 2 is 2.29 bits per heavy atom. The molecule has 1 aliphatic heterocycles. The lowest BCUT2D eigenvalue weighted by atomic mass is 10.1. The van der Waals surface area contributed by atoms with Gasteiger partial charge in [-0.3, -0.25) is 0 Å². The summed E-state index contributed by atoms with van der Waals surface area (Å²) < 4.78 is 28.4. The van der Waals surface area contributed by atoms with Gasteiger partial charge >= 0.3 is 0 Å². The number of hydrogen-bond acceptors (Lipinski definition) is 6. The zero-order valence-corrected chi connectivity index (χ0v) is 10.5. The summed E-state index contributed by atoms with van der Waals surface area (Å²) in [5.74, 6) is 0.739. The van der Waals surface area contributed by atoms with Gasteiger partial charge in [0.05, 0.1) is 11.0 Å². The molecule has 1 saturated heterocycles. The lowest BCUT2D eigenvalue weighted by Gasteiger charge is -2.20. The minimum absolute atomic E-state index is 0.133. The first kappa shape index (κ1) is 12.5. The Morgan fingerprint density at radius 3 is 2.88 bits per heavy atom. The van der Waals surface area contributed by atoms with Crippen molar-refractivity contribution in [1.82, 2.24) is 10.1 Å². The van der Waals surface area contributed by atoms with Gasteiger partial charge in [-0.15, -0.1) is 0 Å². The van der Waals surface area contributed by atoms with E-state index in [-0.39, 0.29) is 18.1 Å². The van der Waals surface area contributed by atoms with Gasteiger partial charge < -0.3 is 9.63 Å². The van der Waals surface area contributed by atoms with Gasteiger partial charge in [0.15, 0.2) is 15.7 Å². The van der Waals surface area contributed by atoms with Crippen LogP contribution in [-0.4, -0.2) is 34.7 Å². The van der Waals surface area contributed by atoms with E-state index in [1.165, 1.54) is 6.92 Å². The van der Waals surface area contributed by atoms with Crippen LogP contribution in [0.1, 0.15) is 44.0 Å². The maximum absolute atomic E-state index is 11.8. The molecule has 0 saturated carbocycles. The minimum Gasteiger partial charge on any atom is -0.384 e. The van der Waals surface area contributed by atoms with Crippen LogP contribution in [0, 0.1) is 0 Å². The molecular weight excluding hydrogens is 244 g/mol. The maximum atomic E-state index is 11.8. The smallest absolute Gasteiger partial charge is 0.255 e. The van der Waals surface area contributed by atoms with E-state index in [4.69, 9.17) is 4.52 Å². The molecule has 96 valence electrons. The first-order valence-corrected chi connectivity index (χ1v) is 7.42. The molecule has 2 unspecified atom stereocenters. The molecule has 1 fully saturated rings. The number of nitrogens with zero attached hydrogens (tertiary/aromatic N) is 2. The molecule has 0 aliphatic carbocycles. The van der Waals surface area contributed by atoms with Crippen molar-refractivity contribution in [1.29, 1.82) is 0 Å². The Kier molecular flexibility index (Phi) is 3.48. The molecule has 1 aliphatic rings. The fourth-order valence-corrected chi connectivity index (χ4v) is 3.84. The highest BCUT2D eigenvalue weighted by molar-refractivity contribution is 7.92. The second-order valence-electron chi connectivity index (χ2n) is 4.41. The van der Waals surface area contributed by atoms with Gasteiger partial charge in [-0.05, 0) is 19.8 Å². The zero-order chi connectivity index (χ0) is 12.5. The highest BCUT2D eigenvalue weighted by atomic mass is 32.2. The van der Waals surface area contributed by atoms with E-state index in [0.717, 1.165) is 12.8 Å². The normalized spacial score (nSPS) is 25.6. The summed E-state index contributed by atoms with van der Waals surface area (Å²) in [5, 5.41) is 12.5. The molecule has 1 aromatic heterocycles. The van der Waals surface area contributed by atoms with Crippen molar-refractivity contribution in [3.8, 4) is 0 Å². The molecule has 0 spiro atoms. The molecule has 17 heavy (non-hydrogen) atoms. The monoisotopic (exact) mass is 260 g/mol. The zero-order valence-electron chi connectivity index (χ0n) is 9.66. The van der Waals surface area contributed by atoms with Crippen molar-refractivity contribution in [2.75, 3.05) is 5.75 Å². The van der Waals surface area contributed by atoms with Gasteiger partial charge in [-0.25, -0.2) is 8.42 Å². The standard InChI is InChI=1S/C10H16N2O4S/c1-7(13)10-11-9(12-16-10)6-8-4-2-3-5-17(8,14)15/h7-8,13H,2-6H2,1H3. The van der Waals surface area contributed by atoms with Crippen LogP contribution in [0.3, 0.4) is 0 Å². The molecular formula is C10H16N2O4S. The average Bonchev–Trinajstić information content (AvgIpc) is 2.70. The topological polar surface area (TPSA) is 93.3 Å². The van der Waals surface area contributed by atoms with Crippen molar-refractivity contribution in [2.24, 2.45) is 0 Å². The molecule has 2 rings (SSSR count). The lowest BCUT2D eigenvalue weighted by molar-refractivity contribution is 0.151. The Morgan fingerprint density at radius 1 is 1.53 bits per heavy atom. The Labute approximate surface area is 99.9 Å². The number of sulfone groups is 1. The van der Waals surface area contributed by atoms with E-state index in [9.17, 15) is 13.5 Å². The molecule has 0 bridgehead atoms.